The number of Topliss-reactive ketones (excluding diaryl/α,β-unsaturated/α-hetero) is 1. The summed E-state index contributed by atoms with van der Waals surface area (Å²) in [6.07, 6.45) is 0. The summed E-state index contributed by atoms with van der Waals surface area (Å²) in [6.45, 7) is -0.789. The number of esters is 1. The average Bonchev–Trinajstić information content (AvgIpc) is 2.58. The Balaban J connectivity index is 1.79. The van der Waals surface area contributed by atoms with E-state index < -0.39 is 17.5 Å². The molecule has 0 aromatic heterocycles. The van der Waals surface area contributed by atoms with E-state index in [1.807, 2.05) is 0 Å². The molecule has 24 heavy (non-hydrogen) atoms. The molecule has 7 nitrogen and oxygen atoms in total. The fourth-order valence-electron chi connectivity index (χ4n) is 1.74. The second-order valence-corrected chi connectivity index (χ2v) is 5.55. The van der Waals surface area contributed by atoms with Gasteiger partial charge in [0.25, 0.3) is 5.69 Å². The molecule has 2 aromatic rings. The van der Waals surface area contributed by atoms with Gasteiger partial charge in [0.1, 0.15) is 5.75 Å². The lowest BCUT2D eigenvalue weighted by atomic mass is 10.1. The van der Waals surface area contributed by atoms with Crippen molar-refractivity contribution in [3.05, 3.63) is 68.7 Å². The van der Waals surface area contributed by atoms with Gasteiger partial charge in [0.05, 0.1) is 4.92 Å². The van der Waals surface area contributed by atoms with Crippen molar-refractivity contribution in [3.63, 3.8) is 0 Å². The molecular weight excluding hydrogens is 382 g/mol. The summed E-state index contributed by atoms with van der Waals surface area (Å²) >= 11 is 3.25. The Labute approximate surface area is 145 Å². The van der Waals surface area contributed by atoms with Crippen LogP contribution in [0.5, 0.6) is 5.75 Å². The lowest BCUT2D eigenvalue weighted by Gasteiger charge is -2.07. The third-order valence-corrected chi connectivity index (χ3v) is 3.41. The molecule has 2 rings (SSSR count). The minimum atomic E-state index is -0.711. The van der Waals surface area contributed by atoms with Gasteiger partial charge in [0.2, 0.25) is 0 Å². The van der Waals surface area contributed by atoms with E-state index in [-0.39, 0.29) is 23.8 Å². The maximum atomic E-state index is 11.9. The zero-order chi connectivity index (χ0) is 17.5. The molecule has 0 spiro atoms. The molecule has 0 saturated carbocycles. The molecule has 0 aliphatic heterocycles. The third kappa shape index (κ3) is 5.17. The molecular formula is C16H12BrNO6. The first-order chi connectivity index (χ1) is 11.5. The summed E-state index contributed by atoms with van der Waals surface area (Å²) in [7, 11) is 0. The van der Waals surface area contributed by atoms with Crippen molar-refractivity contribution >= 4 is 33.4 Å². The molecule has 0 fully saturated rings. The van der Waals surface area contributed by atoms with E-state index in [2.05, 4.69) is 15.9 Å². The topological polar surface area (TPSA) is 95.7 Å². The van der Waals surface area contributed by atoms with Crippen LogP contribution in [0, 0.1) is 10.1 Å². The van der Waals surface area contributed by atoms with Crippen molar-refractivity contribution in [3.8, 4) is 5.75 Å². The Hall–Kier alpha value is -2.74. The van der Waals surface area contributed by atoms with Gasteiger partial charge in [0.15, 0.2) is 19.0 Å². The van der Waals surface area contributed by atoms with Crippen LogP contribution in [0.3, 0.4) is 0 Å². The highest BCUT2D eigenvalue weighted by molar-refractivity contribution is 9.10. The number of carbonyl (C=O) groups is 2. The Kier molecular flexibility index (Phi) is 6.02. The molecule has 0 heterocycles. The van der Waals surface area contributed by atoms with Gasteiger partial charge in [-0.2, -0.15) is 0 Å². The fraction of sp³-hybridized carbons (Fsp3) is 0.125. The molecule has 0 unspecified atom stereocenters. The van der Waals surface area contributed by atoms with Crippen LogP contribution in [0.15, 0.2) is 53.0 Å². The number of rotatable bonds is 7. The Morgan fingerprint density at radius 3 is 2.42 bits per heavy atom. The van der Waals surface area contributed by atoms with Gasteiger partial charge >= 0.3 is 5.97 Å². The van der Waals surface area contributed by atoms with Crippen molar-refractivity contribution in [2.24, 2.45) is 0 Å². The lowest BCUT2D eigenvalue weighted by Crippen LogP contribution is -2.19. The van der Waals surface area contributed by atoms with Gasteiger partial charge < -0.3 is 9.47 Å². The number of halogens is 1. The number of nitro benzene ring substituents is 1. The first kappa shape index (κ1) is 17.6. The first-order valence-electron chi connectivity index (χ1n) is 6.77. The smallest absolute Gasteiger partial charge is 0.344 e. The van der Waals surface area contributed by atoms with Gasteiger partial charge in [0, 0.05) is 22.2 Å². The van der Waals surface area contributed by atoms with E-state index in [0.717, 1.165) is 4.47 Å². The summed E-state index contributed by atoms with van der Waals surface area (Å²) in [6, 6.07) is 12.0. The Morgan fingerprint density at radius 1 is 1.08 bits per heavy atom. The van der Waals surface area contributed by atoms with E-state index in [9.17, 15) is 19.7 Å². The van der Waals surface area contributed by atoms with Crippen molar-refractivity contribution in [1.82, 2.24) is 0 Å². The van der Waals surface area contributed by atoms with Crippen LogP contribution in [0.25, 0.3) is 0 Å². The predicted molar refractivity (Wildman–Crippen MR) is 88.0 cm³/mol. The second kappa shape index (κ2) is 8.21. The molecule has 0 N–H and O–H groups in total. The van der Waals surface area contributed by atoms with Crippen molar-refractivity contribution in [2.45, 2.75) is 0 Å². The van der Waals surface area contributed by atoms with Gasteiger partial charge in [-0.25, -0.2) is 4.79 Å². The third-order valence-electron chi connectivity index (χ3n) is 2.92. The monoisotopic (exact) mass is 393 g/mol. The average molecular weight is 394 g/mol. The molecule has 124 valence electrons. The summed E-state index contributed by atoms with van der Waals surface area (Å²) in [5.74, 6) is -0.757. The highest BCUT2D eigenvalue weighted by Gasteiger charge is 2.11. The number of carbonyl (C=O) groups excluding carboxylic acids is 2. The number of non-ortho nitro benzene ring substituents is 1. The number of nitro groups is 1. The van der Waals surface area contributed by atoms with E-state index in [1.165, 1.54) is 24.3 Å². The van der Waals surface area contributed by atoms with Crippen LogP contribution < -0.4 is 4.74 Å². The second-order valence-electron chi connectivity index (χ2n) is 4.63. The van der Waals surface area contributed by atoms with Gasteiger partial charge in [-0.3, -0.25) is 14.9 Å². The number of ketones is 1. The zero-order valence-corrected chi connectivity index (χ0v) is 13.9. The molecule has 0 amide bonds. The van der Waals surface area contributed by atoms with E-state index in [1.54, 1.807) is 24.3 Å². The summed E-state index contributed by atoms with van der Waals surface area (Å²) in [4.78, 5) is 33.4. The van der Waals surface area contributed by atoms with Crippen LogP contribution >= 0.6 is 15.9 Å². The van der Waals surface area contributed by atoms with Crippen LogP contribution in [0.1, 0.15) is 10.4 Å². The Morgan fingerprint density at radius 2 is 1.79 bits per heavy atom. The number of hydrogen-bond donors (Lipinski definition) is 0. The molecule has 0 aliphatic rings. The van der Waals surface area contributed by atoms with Crippen molar-refractivity contribution in [2.75, 3.05) is 13.2 Å². The summed E-state index contributed by atoms with van der Waals surface area (Å²) in [5, 5.41) is 10.5. The highest BCUT2D eigenvalue weighted by atomic mass is 79.9. The quantitative estimate of drug-likeness (QED) is 0.310. The van der Waals surface area contributed by atoms with E-state index in [0.29, 0.717) is 5.56 Å². The lowest BCUT2D eigenvalue weighted by molar-refractivity contribution is -0.384. The molecule has 0 radical (unpaired) electrons. The number of nitrogens with zero attached hydrogens (tertiary/aromatic N) is 1. The maximum Gasteiger partial charge on any atom is 0.344 e. The van der Waals surface area contributed by atoms with Crippen molar-refractivity contribution in [1.29, 1.82) is 0 Å². The number of ether oxygens (including phenoxy) is 2. The number of benzene rings is 2. The molecule has 0 aliphatic carbocycles. The molecule has 2 aromatic carbocycles. The standard InChI is InChI=1S/C16H12BrNO6/c17-12-3-1-2-11(8-12)15(19)9-24-16(20)10-23-14-6-4-13(5-7-14)18(21)22/h1-8H,9-10H2. The van der Waals surface area contributed by atoms with Crippen LogP contribution in [-0.4, -0.2) is 29.9 Å². The van der Waals surface area contributed by atoms with Gasteiger partial charge in [-0.15, -0.1) is 0 Å². The first-order valence-corrected chi connectivity index (χ1v) is 7.56. The van der Waals surface area contributed by atoms with Crippen LogP contribution in [-0.2, 0) is 9.53 Å². The Bertz CT molecular complexity index is 759. The van der Waals surface area contributed by atoms with Crippen LogP contribution in [0.4, 0.5) is 5.69 Å². The minimum absolute atomic E-state index is 0.0791. The molecule has 8 heteroatoms. The molecule has 0 saturated heterocycles. The molecule has 0 bridgehead atoms. The fourth-order valence-corrected chi connectivity index (χ4v) is 2.14. The SMILES string of the molecule is O=C(COc1ccc([N+](=O)[O-])cc1)OCC(=O)c1cccc(Br)c1. The highest BCUT2D eigenvalue weighted by Crippen LogP contribution is 2.17. The largest absolute Gasteiger partial charge is 0.482 e. The predicted octanol–water partition coefficient (Wildman–Crippen LogP) is 3.16. The van der Waals surface area contributed by atoms with Gasteiger partial charge in [-0.05, 0) is 24.3 Å². The van der Waals surface area contributed by atoms with Crippen molar-refractivity contribution < 1.29 is 24.0 Å². The van der Waals surface area contributed by atoms with Crippen LogP contribution in [0.2, 0.25) is 0 Å². The van der Waals surface area contributed by atoms with E-state index in [4.69, 9.17) is 9.47 Å². The number of hydrogen-bond acceptors (Lipinski definition) is 6. The summed E-state index contributed by atoms with van der Waals surface area (Å²) < 4.78 is 10.7. The molecule has 0 atom stereocenters. The maximum absolute atomic E-state index is 11.9. The normalized spacial score (nSPS) is 10.0. The zero-order valence-electron chi connectivity index (χ0n) is 12.3. The minimum Gasteiger partial charge on any atom is -0.482 e. The van der Waals surface area contributed by atoms with E-state index >= 15 is 0 Å². The summed E-state index contributed by atoms with van der Waals surface area (Å²) in [5.41, 5.74) is 0.345. The van der Waals surface area contributed by atoms with Gasteiger partial charge in [-0.1, -0.05) is 28.1 Å².